The normalized spacial score (nSPS) is 22.3. The second kappa shape index (κ2) is 13.3. The number of aryl methyl sites for hydroxylation is 1. The Morgan fingerprint density at radius 3 is 1.90 bits per heavy atom. The molecule has 0 heterocycles. The van der Waals surface area contributed by atoms with Crippen LogP contribution in [0.1, 0.15) is 82.3 Å². The van der Waals surface area contributed by atoms with Crippen molar-refractivity contribution >= 4 is 0 Å². The smallest absolute Gasteiger partial charge is 0.201 e. The number of fused-ring (bicyclic) bond motifs is 1. The van der Waals surface area contributed by atoms with E-state index in [1.807, 2.05) is 0 Å². The Kier molecular flexibility index (Phi) is 9.57. The summed E-state index contributed by atoms with van der Waals surface area (Å²) >= 11 is 0. The van der Waals surface area contributed by atoms with Gasteiger partial charge in [0.25, 0.3) is 0 Å². The molecule has 3 aromatic rings. The molecule has 0 bridgehead atoms. The summed E-state index contributed by atoms with van der Waals surface area (Å²) in [5, 5.41) is 0. The fourth-order valence-corrected chi connectivity index (χ4v) is 6.84. The van der Waals surface area contributed by atoms with E-state index >= 15 is 0 Å². The summed E-state index contributed by atoms with van der Waals surface area (Å²) in [5.41, 5.74) is 2.16. The van der Waals surface area contributed by atoms with Gasteiger partial charge in [0.15, 0.2) is 23.1 Å². The van der Waals surface area contributed by atoms with Crippen LogP contribution < -0.4 is 9.47 Å². The highest BCUT2D eigenvalue weighted by atomic mass is 19.2. The molecule has 0 N–H and O–H groups in total. The highest BCUT2D eigenvalue weighted by Crippen LogP contribution is 2.48. The molecule has 4 unspecified atom stereocenters. The van der Waals surface area contributed by atoms with Gasteiger partial charge >= 0.3 is 0 Å². The lowest BCUT2D eigenvalue weighted by Gasteiger charge is -2.42. The maximum atomic E-state index is 15.0. The van der Waals surface area contributed by atoms with Crippen molar-refractivity contribution in [2.45, 2.75) is 77.6 Å². The van der Waals surface area contributed by atoms with E-state index < -0.39 is 23.3 Å². The van der Waals surface area contributed by atoms with Gasteiger partial charge in [0.2, 0.25) is 11.6 Å². The standard InChI is InChI=1S/C35H40F4O2/c1-3-5-6-22-7-10-24(11-8-22)26-14-13-25-19-23(9-12-27(25)20-26)21-41-31-18-16-29(33(37)35(31)39)28-15-17-30(40-4-2)34(38)32(28)36/h7-8,10-11,15-18,23,25-27H,3-6,9,12-14,19-21H2,1-2H3. The molecule has 2 aliphatic rings. The first kappa shape index (κ1) is 29.5. The average Bonchev–Trinajstić information content (AvgIpc) is 2.99. The van der Waals surface area contributed by atoms with Crippen LogP contribution in [0.2, 0.25) is 0 Å². The molecule has 0 saturated heterocycles. The van der Waals surface area contributed by atoms with Crippen molar-refractivity contribution in [2.75, 3.05) is 13.2 Å². The van der Waals surface area contributed by atoms with Crippen LogP contribution in [0.4, 0.5) is 17.6 Å². The zero-order valence-corrected chi connectivity index (χ0v) is 24.0. The molecule has 0 radical (unpaired) electrons. The molecule has 0 aliphatic heterocycles. The molecule has 220 valence electrons. The van der Waals surface area contributed by atoms with Gasteiger partial charge in [-0.25, -0.2) is 8.78 Å². The van der Waals surface area contributed by atoms with Gasteiger partial charge in [0.05, 0.1) is 13.2 Å². The topological polar surface area (TPSA) is 18.5 Å². The second-order valence-corrected chi connectivity index (χ2v) is 11.8. The molecule has 5 rings (SSSR count). The van der Waals surface area contributed by atoms with Crippen molar-refractivity contribution in [3.05, 3.63) is 82.9 Å². The fourth-order valence-electron chi connectivity index (χ4n) is 6.84. The van der Waals surface area contributed by atoms with Gasteiger partial charge in [0.1, 0.15) is 0 Å². The van der Waals surface area contributed by atoms with Gasteiger partial charge < -0.3 is 9.47 Å². The van der Waals surface area contributed by atoms with Crippen molar-refractivity contribution < 1.29 is 27.0 Å². The predicted octanol–water partition coefficient (Wildman–Crippen LogP) is 10.0. The first-order valence-corrected chi connectivity index (χ1v) is 15.2. The molecule has 2 nitrogen and oxygen atoms in total. The minimum absolute atomic E-state index is 0.154. The number of hydrogen-bond acceptors (Lipinski definition) is 2. The number of hydrogen-bond donors (Lipinski definition) is 0. The number of halogens is 4. The summed E-state index contributed by atoms with van der Waals surface area (Å²) in [6.45, 7) is 4.33. The fraction of sp³-hybridized carbons (Fsp3) is 0.486. The molecule has 6 heteroatoms. The monoisotopic (exact) mass is 568 g/mol. The SMILES string of the molecule is CCCCc1ccc(C2CCC3CC(COc4ccc(-c5ccc(OCC)c(F)c5F)c(F)c4F)CCC3C2)cc1. The maximum absolute atomic E-state index is 15.0. The summed E-state index contributed by atoms with van der Waals surface area (Å²) in [6.07, 6.45) is 10.4. The van der Waals surface area contributed by atoms with E-state index in [1.54, 1.807) is 6.92 Å². The first-order valence-electron chi connectivity index (χ1n) is 15.2. The van der Waals surface area contributed by atoms with Gasteiger partial charge in [-0.3, -0.25) is 0 Å². The van der Waals surface area contributed by atoms with Gasteiger partial charge in [-0.1, -0.05) is 37.6 Å². The minimum atomic E-state index is -1.28. The molecule has 2 aliphatic carbocycles. The first-order chi connectivity index (χ1) is 19.9. The number of unbranched alkanes of at least 4 members (excludes halogenated alkanes) is 1. The molecule has 0 amide bonds. The van der Waals surface area contributed by atoms with E-state index in [-0.39, 0.29) is 35.2 Å². The summed E-state index contributed by atoms with van der Waals surface area (Å²) < 4.78 is 69.6. The summed E-state index contributed by atoms with van der Waals surface area (Å²) in [5.74, 6) is -3.19. The molecule has 41 heavy (non-hydrogen) atoms. The Hall–Kier alpha value is -3.02. The molecule has 3 aromatic carbocycles. The summed E-state index contributed by atoms with van der Waals surface area (Å²) in [7, 11) is 0. The highest BCUT2D eigenvalue weighted by Gasteiger charge is 2.36. The van der Waals surface area contributed by atoms with Crippen molar-refractivity contribution in [3.8, 4) is 22.6 Å². The van der Waals surface area contributed by atoms with Gasteiger partial charge in [-0.2, -0.15) is 8.78 Å². The van der Waals surface area contributed by atoms with E-state index in [0.29, 0.717) is 24.4 Å². The van der Waals surface area contributed by atoms with Crippen molar-refractivity contribution in [1.29, 1.82) is 0 Å². The highest BCUT2D eigenvalue weighted by molar-refractivity contribution is 5.67. The lowest BCUT2D eigenvalue weighted by atomic mass is 9.64. The van der Waals surface area contributed by atoms with Crippen molar-refractivity contribution in [2.24, 2.45) is 17.8 Å². The van der Waals surface area contributed by atoms with Crippen LogP contribution in [0.5, 0.6) is 11.5 Å². The third-order valence-electron chi connectivity index (χ3n) is 9.15. The van der Waals surface area contributed by atoms with Crippen LogP contribution in [0.15, 0.2) is 48.5 Å². The Morgan fingerprint density at radius 2 is 1.27 bits per heavy atom. The summed E-state index contributed by atoms with van der Waals surface area (Å²) in [4.78, 5) is 0. The third-order valence-corrected chi connectivity index (χ3v) is 9.15. The second-order valence-electron chi connectivity index (χ2n) is 11.8. The van der Waals surface area contributed by atoms with Gasteiger partial charge in [-0.05, 0) is 117 Å². The zero-order chi connectivity index (χ0) is 28.9. The quantitative estimate of drug-likeness (QED) is 0.227. The Labute approximate surface area is 241 Å². The van der Waals surface area contributed by atoms with E-state index in [0.717, 1.165) is 25.7 Å². The molecule has 2 saturated carbocycles. The van der Waals surface area contributed by atoms with Crippen LogP contribution in [-0.4, -0.2) is 13.2 Å². The average molecular weight is 569 g/mol. The number of ether oxygens (including phenoxy) is 2. The minimum Gasteiger partial charge on any atom is -0.491 e. The Balaban J connectivity index is 1.17. The van der Waals surface area contributed by atoms with E-state index in [2.05, 4.69) is 31.2 Å². The number of benzene rings is 3. The van der Waals surface area contributed by atoms with E-state index in [9.17, 15) is 17.6 Å². The Morgan fingerprint density at radius 1 is 0.659 bits per heavy atom. The van der Waals surface area contributed by atoms with Crippen LogP contribution in [0.3, 0.4) is 0 Å². The molecule has 0 spiro atoms. The van der Waals surface area contributed by atoms with Crippen molar-refractivity contribution in [3.63, 3.8) is 0 Å². The van der Waals surface area contributed by atoms with Crippen LogP contribution in [0.25, 0.3) is 11.1 Å². The van der Waals surface area contributed by atoms with Crippen LogP contribution >= 0.6 is 0 Å². The molecule has 4 atom stereocenters. The van der Waals surface area contributed by atoms with Crippen LogP contribution in [0, 0.1) is 41.0 Å². The molecular formula is C35H40F4O2. The van der Waals surface area contributed by atoms with Gasteiger partial charge in [-0.15, -0.1) is 0 Å². The number of rotatable bonds is 10. The van der Waals surface area contributed by atoms with E-state index in [4.69, 9.17) is 9.47 Å². The maximum Gasteiger partial charge on any atom is 0.201 e. The third kappa shape index (κ3) is 6.57. The largest absolute Gasteiger partial charge is 0.491 e. The zero-order valence-electron chi connectivity index (χ0n) is 24.0. The van der Waals surface area contributed by atoms with Gasteiger partial charge in [0, 0.05) is 11.1 Å². The molecule has 2 fully saturated rings. The summed E-state index contributed by atoms with van der Waals surface area (Å²) in [6, 6.07) is 14.2. The predicted molar refractivity (Wildman–Crippen MR) is 154 cm³/mol. The molecule has 0 aromatic heterocycles. The van der Waals surface area contributed by atoms with Crippen LogP contribution in [-0.2, 0) is 6.42 Å². The lowest BCUT2D eigenvalue weighted by molar-refractivity contribution is 0.0902. The Bertz CT molecular complexity index is 1320. The van der Waals surface area contributed by atoms with E-state index in [1.165, 1.54) is 67.5 Å². The van der Waals surface area contributed by atoms with Crippen molar-refractivity contribution in [1.82, 2.24) is 0 Å². The lowest BCUT2D eigenvalue weighted by Crippen LogP contribution is -2.32. The molecular weight excluding hydrogens is 528 g/mol.